The third-order valence-electron chi connectivity index (χ3n) is 2.93. The number of rotatable bonds is 4. The van der Waals surface area contributed by atoms with Gasteiger partial charge in [-0.25, -0.2) is 9.37 Å². The van der Waals surface area contributed by atoms with Gasteiger partial charge in [0.15, 0.2) is 5.78 Å². The fourth-order valence-corrected chi connectivity index (χ4v) is 1.90. The molecule has 0 saturated carbocycles. The van der Waals surface area contributed by atoms with Gasteiger partial charge in [-0.1, -0.05) is 6.07 Å². The first-order chi connectivity index (χ1) is 9.56. The van der Waals surface area contributed by atoms with Crippen LogP contribution in [0.2, 0.25) is 0 Å². The lowest BCUT2D eigenvalue weighted by Crippen LogP contribution is -1.99. The van der Waals surface area contributed by atoms with Crippen molar-refractivity contribution in [1.29, 1.82) is 0 Å². The van der Waals surface area contributed by atoms with Crippen LogP contribution in [0, 0.1) is 5.82 Å². The summed E-state index contributed by atoms with van der Waals surface area (Å²) in [7, 11) is 2.94. The molecule has 1 aromatic carbocycles. The van der Waals surface area contributed by atoms with Crippen LogP contribution in [0.4, 0.5) is 4.39 Å². The van der Waals surface area contributed by atoms with Crippen LogP contribution in [-0.2, 0) is 0 Å². The number of carbonyl (C=O) groups excluding carboxylic acids is 1. The average Bonchev–Trinajstić information content (AvgIpc) is 2.47. The third kappa shape index (κ3) is 2.61. The Kier molecular flexibility index (Phi) is 3.98. The molecule has 20 heavy (non-hydrogen) atoms. The van der Waals surface area contributed by atoms with Gasteiger partial charge in [-0.2, -0.15) is 0 Å². The predicted molar refractivity (Wildman–Crippen MR) is 72.7 cm³/mol. The molecule has 1 heterocycles. The van der Waals surface area contributed by atoms with E-state index in [1.807, 2.05) is 0 Å². The number of benzene rings is 1. The number of hydrogen-bond donors (Lipinski definition) is 0. The molecule has 0 saturated heterocycles. The van der Waals surface area contributed by atoms with E-state index in [0.29, 0.717) is 28.3 Å². The maximum absolute atomic E-state index is 13.9. The van der Waals surface area contributed by atoms with Crippen LogP contribution in [0.1, 0.15) is 17.3 Å². The molecule has 0 aliphatic heterocycles. The predicted octanol–water partition coefficient (Wildman–Crippen LogP) is 3.11. The number of pyridine rings is 1. The van der Waals surface area contributed by atoms with Crippen molar-refractivity contribution >= 4 is 5.78 Å². The van der Waals surface area contributed by atoms with Gasteiger partial charge in [-0.05, 0) is 24.6 Å². The number of methoxy groups -OCH3 is 2. The molecular formula is C15H14FNO3. The molecule has 2 aromatic rings. The minimum absolute atomic E-state index is 0.148. The summed E-state index contributed by atoms with van der Waals surface area (Å²) in [4.78, 5) is 15.4. The van der Waals surface area contributed by atoms with Crippen LogP contribution >= 0.6 is 0 Å². The van der Waals surface area contributed by atoms with E-state index in [4.69, 9.17) is 9.47 Å². The first kappa shape index (κ1) is 14.0. The number of hydrogen-bond acceptors (Lipinski definition) is 4. The van der Waals surface area contributed by atoms with Gasteiger partial charge in [-0.3, -0.25) is 4.79 Å². The molecule has 0 unspecified atom stereocenters. The van der Waals surface area contributed by atoms with Crippen LogP contribution in [0.25, 0.3) is 11.1 Å². The Bertz CT molecular complexity index is 656. The Morgan fingerprint density at radius 2 is 1.95 bits per heavy atom. The fraction of sp³-hybridized carbons (Fsp3) is 0.200. The summed E-state index contributed by atoms with van der Waals surface area (Å²) in [5.41, 5.74) is 1.29. The summed E-state index contributed by atoms with van der Waals surface area (Å²) >= 11 is 0. The molecule has 1 aromatic heterocycles. The maximum atomic E-state index is 13.9. The van der Waals surface area contributed by atoms with Crippen molar-refractivity contribution in [3.63, 3.8) is 0 Å². The van der Waals surface area contributed by atoms with E-state index < -0.39 is 5.82 Å². The second-order valence-corrected chi connectivity index (χ2v) is 4.18. The van der Waals surface area contributed by atoms with Gasteiger partial charge in [0.25, 0.3) is 0 Å². The molecule has 0 atom stereocenters. The largest absolute Gasteiger partial charge is 0.496 e. The molecule has 4 nitrogen and oxygen atoms in total. The number of carbonyl (C=O) groups is 1. The van der Waals surface area contributed by atoms with Crippen LogP contribution in [0.5, 0.6) is 11.6 Å². The van der Waals surface area contributed by atoms with Crippen molar-refractivity contribution in [1.82, 2.24) is 4.98 Å². The average molecular weight is 275 g/mol. The van der Waals surface area contributed by atoms with Crippen molar-refractivity contribution in [3.8, 4) is 22.8 Å². The summed E-state index contributed by atoms with van der Waals surface area (Å²) in [6.45, 7) is 1.44. The Hall–Kier alpha value is -2.43. The first-order valence-electron chi connectivity index (χ1n) is 5.95. The topological polar surface area (TPSA) is 48.4 Å². The molecule has 2 rings (SSSR count). The highest BCUT2D eigenvalue weighted by molar-refractivity contribution is 5.98. The van der Waals surface area contributed by atoms with Crippen molar-refractivity contribution in [2.24, 2.45) is 0 Å². The van der Waals surface area contributed by atoms with E-state index in [9.17, 15) is 9.18 Å². The van der Waals surface area contributed by atoms with E-state index >= 15 is 0 Å². The van der Waals surface area contributed by atoms with Gasteiger partial charge in [0.1, 0.15) is 11.6 Å². The van der Waals surface area contributed by atoms with Gasteiger partial charge in [0, 0.05) is 11.6 Å². The first-order valence-corrected chi connectivity index (χ1v) is 5.95. The van der Waals surface area contributed by atoms with Crippen molar-refractivity contribution < 1.29 is 18.7 Å². The lowest BCUT2D eigenvalue weighted by molar-refractivity contribution is 0.101. The molecular weight excluding hydrogens is 261 g/mol. The zero-order chi connectivity index (χ0) is 14.7. The second kappa shape index (κ2) is 5.69. The zero-order valence-corrected chi connectivity index (χ0v) is 11.4. The van der Waals surface area contributed by atoms with Crippen LogP contribution in [0.15, 0.2) is 30.5 Å². The molecule has 0 aliphatic carbocycles. The minimum atomic E-state index is -0.481. The highest BCUT2D eigenvalue weighted by Crippen LogP contribution is 2.30. The number of ketones is 1. The monoisotopic (exact) mass is 275 g/mol. The van der Waals surface area contributed by atoms with Gasteiger partial charge in [0.2, 0.25) is 5.88 Å². The molecule has 0 fully saturated rings. The molecule has 104 valence electrons. The normalized spacial score (nSPS) is 10.2. The van der Waals surface area contributed by atoms with Crippen LogP contribution in [-0.4, -0.2) is 25.0 Å². The maximum Gasteiger partial charge on any atom is 0.213 e. The number of ether oxygens (including phenoxy) is 2. The standard InChI is InChI=1S/C15H14FNO3/c1-9(18)11-6-10(4-5-14(11)19-2)12-7-15(20-3)17-8-13(12)16/h4-8H,1-3H3. The van der Waals surface area contributed by atoms with E-state index in [2.05, 4.69) is 4.98 Å². The Labute approximate surface area is 116 Å². The van der Waals surface area contributed by atoms with Crippen molar-refractivity contribution in [2.45, 2.75) is 6.92 Å². The zero-order valence-electron chi connectivity index (χ0n) is 11.4. The van der Waals surface area contributed by atoms with Gasteiger partial charge >= 0.3 is 0 Å². The lowest BCUT2D eigenvalue weighted by Gasteiger charge is -2.10. The number of halogens is 1. The third-order valence-corrected chi connectivity index (χ3v) is 2.93. The summed E-state index contributed by atoms with van der Waals surface area (Å²) in [6, 6.07) is 6.40. The highest BCUT2D eigenvalue weighted by Gasteiger charge is 2.13. The van der Waals surface area contributed by atoms with E-state index in [1.54, 1.807) is 18.2 Å². The SMILES string of the molecule is COc1cc(-c2ccc(OC)c(C(C)=O)c2)c(F)cn1. The molecule has 0 aliphatic rings. The summed E-state index contributed by atoms with van der Waals surface area (Å²) in [6.07, 6.45) is 1.09. The summed E-state index contributed by atoms with van der Waals surface area (Å²) in [5.74, 6) is 0.139. The smallest absolute Gasteiger partial charge is 0.213 e. The molecule has 0 bridgehead atoms. The van der Waals surface area contributed by atoms with Crippen molar-refractivity contribution in [3.05, 3.63) is 41.8 Å². The van der Waals surface area contributed by atoms with Crippen LogP contribution < -0.4 is 9.47 Å². The Morgan fingerprint density at radius 1 is 1.20 bits per heavy atom. The van der Waals surface area contributed by atoms with Crippen LogP contribution in [0.3, 0.4) is 0 Å². The van der Waals surface area contributed by atoms with E-state index in [0.717, 1.165) is 6.20 Å². The molecule has 0 N–H and O–H groups in total. The quantitative estimate of drug-likeness (QED) is 0.804. The molecule has 0 spiro atoms. The highest BCUT2D eigenvalue weighted by atomic mass is 19.1. The summed E-state index contributed by atoms with van der Waals surface area (Å²) < 4.78 is 24.0. The molecule has 5 heteroatoms. The fourth-order valence-electron chi connectivity index (χ4n) is 1.90. The Balaban J connectivity index is 2.58. The molecule has 0 amide bonds. The minimum Gasteiger partial charge on any atom is -0.496 e. The number of aromatic nitrogens is 1. The van der Waals surface area contributed by atoms with E-state index in [-0.39, 0.29) is 5.78 Å². The molecule has 0 radical (unpaired) electrons. The number of Topliss-reactive ketones (excluding diaryl/α,β-unsaturated/α-hetero) is 1. The van der Waals surface area contributed by atoms with Gasteiger partial charge < -0.3 is 9.47 Å². The summed E-state index contributed by atoms with van der Waals surface area (Å²) in [5, 5.41) is 0. The Morgan fingerprint density at radius 3 is 2.55 bits per heavy atom. The van der Waals surface area contributed by atoms with Gasteiger partial charge in [0.05, 0.1) is 26.0 Å². The lowest BCUT2D eigenvalue weighted by atomic mass is 10.0. The van der Waals surface area contributed by atoms with Gasteiger partial charge in [-0.15, -0.1) is 0 Å². The second-order valence-electron chi connectivity index (χ2n) is 4.18. The van der Waals surface area contributed by atoms with E-state index in [1.165, 1.54) is 27.2 Å². The number of nitrogens with zero attached hydrogens (tertiary/aromatic N) is 1. The van der Waals surface area contributed by atoms with Crippen molar-refractivity contribution in [2.75, 3.05) is 14.2 Å².